The van der Waals surface area contributed by atoms with Crippen LogP contribution in [-0.4, -0.2) is 9.97 Å². The second-order valence-corrected chi connectivity index (χ2v) is 3.42. The van der Waals surface area contributed by atoms with Gasteiger partial charge in [-0.1, -0.05) is 13.8 Å². The van der Waals surface area contributed by atoms with Gasteiger partial charge < -0.3 is 0 Å². The fourth-order valence-electron chi connectivity index (χ4n) is 0.878. The van der Waals surface area contributed by atoms with E-state index in [1.54, 1.807) is 12.5 Å². The third-order valence-corrected chi connectivity index (χ3v) is 2.39. The van der Waals surface area contributed by atoms with E-state index in [0.717, 1.165) is 16.6 Å². The Balaban J connectivity index is 2.93. The molecular formula is C8H11BrN2. The minimum Gasteiger partial charge on any atom is -0.244 e. The summed E-state index contributed by atoms with van der Waals surface area (Å²) in [6.07, 6.45) is 4.48. The molecule has 0 N–H and O–H groups in total. The van der Waals surface area contributed by atoms with Crippen molar-refractivity contribution in [3.05, 3.63) is 22.7 Å². The van der Waals surface area contributed by atoms with Crippen LogP contribution < -0.4 is 0 Å². The number of aromatic nitrogens is 2. The number of rotatable bonds is 2. The van der Waals surface area contributed by atoms with Gasteiger partial charge in [0, 0.05) is 6.20 Å². The summed E-state index contributed by atoms with van der Waals surface area (Å²) in [4.78, 5) is 8.09. The quantitative estimate of drug-likeness (QED) is 0.757. The van der Waals surface area contributed by atoms with Crippen molar-refractivity contribution in [2.24, 2.45) is 0 Å². The molecule has 0 aliphatic carbocycles. The summed E-state index contributed by atoms with van der Waals surface area (Å²) in [7, 11) is 0. The highest BCUT2D eigenvalue weighted by Gasteiger charge is 2.07. The van der Waals surface area contributed by atoms with E-state index in [4.69, 9.17) is 0 Å². The van der Waals surface area contributed by atoms with Gasteiger partial charge in [0.05, 0.1) is 10.2 Å². The third-order valence-electron chi connectivity index (χ3n) is 1.78. The van der Waals surface area contributed by atoms with Gasteiger partial charge in [-0.15, -0.1) is 0 Å². The fourth-order valence-corrected chi connectivity index (χ4v) is 1.49. The minimum absolute atomic E-state index is 0.507. The van der Waals surface area contributed by atoms with Gasteiger partial charge in [-0.2, -0.15) is 0 Å². The average Bonchev–Trinajstić information content (AvgIpc) is 2.04. The van der Waals surface area contributed by atoms with Gasteiger partial charge in [0.2, 0.25) is 0 Å². The summed E-state index contributed by atoms with van der Waals surface area (Å²) < 4.78 is 1.01. The molecule has 11 heavy (non-hydrogen) atoms. The molecule has 0 saturated heterocycles. The van der Waals surface area contributed by atoms with Crippen molar-refractivity contribution in [3.63, 3.8) is 0 Å². The molecule has 0 saturated carbocycles. The topological polar surface area (TPSA) is 25.8 Å². The molecule has 1 aromatic rings. The zero-order valence-electron chi connectivity index (χ0n) is 6.71. The van der Waals surface area contributed by atoms with Gasteiger partial charge >= 0.3 is 0 Å². The number of nitrogens with zero attached hydrogens (tertiary/aromatic N) is 2. The predicted octanol–water partition coefficient (Wildman–Crippen LogP) is 2.75. The van der Waals surface area contributed by atoms with Crippen LogP contribution in [0, 0.1) is 0 Å². The summed E-state index contributed by atoms with van der Waals surface area (Å²) in [5.41, 5.74) is 1.10. The van der Waals surface area contributed by atoms with Crippen molar-refractivity contribution in [1.82, 2.24) is 9.97 Å². The predicted molar refractivity (Wildman–Crippen MR) is 48.4 cm³/mol. The highest BCUT2D eigenvalue weighted by atomic mass is 79.9. The monoisotopic (exact) mass is 214 g/mol. The lowest BCUT2D eigenvalue weighted by Gasteiger charge is -2.07. The van der Waals surface area contributed by atoms with Crippen LogP contribution >= 0.6 is 15.9 Å². The lowest BCUT2D eigenvalue weighted by Crippen LogP contribution is -1.96. The molecule has 0 fully saturated rings. The van der Waals surface area contributed by atoms with E-state index in [9.17, 15) is 0 Å². The third kappa shape index (κ3) is 1.99. The van der Waals surface area contributed by atoms with Crippen LogP contribution in [0.1, 0.15) is 31.9 Å². The van der Waals surface area contributed by atoms with Gasteiger partial charge in [-0.05, 0) is 28.3 Å². The Morgan fingerprint density at radius 1 is 1.64 bits per heavy atom. The van der Waals surface area contributed by atoms with Crippen LogP contribution in [0.25, 0.3) is 0 Å². The average molecular weight is 215 g/mol. The molecule has 0 bridgehead atoms. The Kier molecular flexibility index (Phi) is 3.00. The lowest BCUT2D eigenvalue weighted by atomic mass is 10.1. The Labute approximate surface area is 75.2 Å². The molecule has 1 aromatic heterocycles. The van der Waals surface area contributed by atoms with E-state index in [1.807, 2.05) is 0 Å². The number of hydrogen-bond donors (Lipinski definition) is 0. The molecule has 1 heterocycles. The first-order chi connectivity index (χ1) is 5.25. The van der Waals surface area contributed by atoms with Crippen LogP contribution in [0.5, 0.6) is 0 Å². The van der Waals surface area contributed by atoms with Crippen LogP contribution in [0.3, 0.4) is 0 Å². The molecule has 0 amide bonds. The first kappa shape index (κ1) is 8.65. The first-order valence-electron chi connectivity index (χ1n) is 3.71. The largest absolute Gasteiger partial charge is 0.244 e. The molecule has 0 aromatic carbocycles. The second kappa shape index (κ2) is 3.81. The van der Waals surface area contributed by atoms with Crippen LogP contribution in [0.15, 0.2) is 17.0 Å². The van der Waals surface area contributed by atoms with Crippen molar-refractivity contribution < 1.29 is 0 Å². The number of halogens is 1. The zero-order valence-corrected chi connectivity index (χ0v) is 8.30. The van der Waals surface area contributed by atoms with Gasteiger partial charge in [-0.25, -0.2) is 9.97 Å². The smallest absolute Gasteiger partial charge is 0.115 e. The van der Waals surface area contributed by atoms with Gasteiger partial charge in [0.1, 0.15) is 6.33 Å². The van der Waals surface area contributed by atoms with Crippen LogP contribution in [0.4, 0.5) is 0 Å². The fraction of sp³-hybridized carbons (Fsp3) is 0.500. The maximum Gasteiger partial charge on any atom is 0.115 e. The summed E-state index contributed by atoms with van der Waals surface area (Å²) >= 11 is 3.41. The Hall–Kier alpha value is -0.440. The molecule has 3 heteroatoms. The van der Waals surface area contributed by atoms with Gasteiger partial charge in [-0.3, -0.25) is 0 Å². The van der Waals surface area contributed by atoms with Gasteiger partial charge in [0.25, 0.3) is 0 Å². The summed E-state index contributed by atoms with van der Waals surface area (Å²) in [6, 6.07) is 0. The highest BCUT2D eigenvalue weighted by Crippen LogP contribution is 2.23. The minimum atomic E-state index is 0.507. The molecule has 60 valence electrons. The Bertz CT molecular complexity index is 237. The zero-order chi connectivity index (χ0) is 8.27. The lowest BCUT2D eigenvalue weighted by molar-refractivity contribution is 0.699. The standard InChI is InChI=1S/C8H11BrN2/c1-3-6(2)8-7(9)4-10-5-11-8/h4-6H,3H2,1-2H3/t6-/m0/s1. The van der Waals surface area contributed by atoms with E-state index in [-0.39, 0.29) is 0 Å². The van der Waals surface area contributed by atoms with Crippen LogP contribution in [0.2, 0.25) is 0 Å². The number of hydrogen-bond acceptors (Lipinski definition) is 2. The molecule has 0 aliphatic heterocycles. The molecule has 0 radical (unpaired) electrons. The van der Waals surface area contributed by atoms with E-state index < -0.39 is 0 Å². The molecule has 0 spiro atoms. The molecule has 0 unspecified atom stereocenters. The second-order valence-electron chi connectivity index (χ2n) is 2.57. The van der Waals surface area contributed by atoms with Crippen molar-refractivity contribution in [2.75, 3.05) is 0 Å². The molecule has 1 atom stereocenters. The van der Waals surface area contributed by atoms with Gasteiger partial charge in [0.15, 0.2) is 0 Å². The normalized spacial score (nSPS) is 13.0. The van der Waals surface area contributed by atoms with E-state index >= 15 is 0 Å². The van der Waals surface area contributed by atoms with Crippen molar-refractivity contribution in [1.29, 1.82) is 0 Å². The summed E-state index contributed by atoms with van der Waals surface area (Å²) in [6.45, 7) is 4.31. The van der Waals surface area contributed by atoms with Crippen molar-refractivity contribution in [2.45, 2.75) is 26.2 Å². The molecule has 1 rings (SSSR count). The van der Waals surface area contributed by atoms with E-state index in [0.29, 0.717) is 5.92 Å². The van der Waals surface area contributed by atoms with Crippen molar-refractivity contribution >= 4 is 15.9 Å². The first-order valence-corrected chi connectivity index (χ1v) is 4.50. The van der Waals surface area contributed by atoms with Crippen molar-refractivity contribution in [3.8, 4) is 0 Å². The highest BCUT2D eigenvalue weighted by molar-refractivity contribution is 9.10. The molecular weight excluding hydrogens is 204 g/mol. The van der Waals surface area contributed by atoms with E-state index in [1.165, 1.54) is 0 Å². The summed E-state index contributed by atoms with van der Waals surface area (Å²) in [5, 5.41) is 0. The maximum absolute atomic E-state index is 4.19. The molecule has 0 aliphatic rings. The SMILES string of the molecule is CC[C@H](C)c1ncncc1Br. The Morgan fingerprint density at radius 3 is 2.91 bits per heavy atom. The van der Waals surface area contributed by atoms with E-state index in [2.05, 4.69) is 39.7 Å². The maximum atomic E-state index is 4.19. The van der Waals surface area contributed by atoms with Crippen LogP contribution in [-0.2, 0) is 0 Å². The summed E-state index contributed by atoms with van der Waals surface area (Å²) in [5.74, 6) is 0.507. The molecule has 2 nitrogen and oxygen atoms in total. The Morgan fingerprint density at radius 2 is 2.36 bits per heavy atom.